The number of benzene rings is 2. The van der Waals surface area contributed by atoms with Crippen LogP contribution in [-0.2, 0) is 9.53 Å². The average molecular weight is 340 g/mol. The van der Waals surface area contributed by atoms with Crippen molar-refractivity contribution in [2.45, 2.75) is 0 Å². The van der Waals surface area contributed by atoms with Gasteiger partial charge in [0, 0.05) is 11.4 Å². The summed E-state index contributed by atoms with van der Waals surface area (Å²) in [4.78, 5) is 23.3. The van der Waals surface area contributed by atoms with E-state index < -0.39 is 5.97 Å². The lowest BCUT2D eigenvalue weighted by Crippen LogP contribution is -2.21. The molecule has 0 aliphatic carbocycles. The molecular weight excluding hydrogens is 320 g/mol. The molecule has 0 bridgehead atoms. The van der Waals surface area contributed by atoms with Gasteiger partial charge in [0.1, 0.15) is 12.4 Å². The van der Waals surface area contributed by atoms with Gasteiger partial charge in [-0.1, -0.05) is 12.7 Å². The molecule has 0 saturated carbocycles. The Morgan fingerprint density at radius 1 is 1.04 bits per heavy atom. The van der Waals surface area contributed by atoms with Crippen molar-refractivity contribution in [3.8, 4) is 5.75 Å². The minimum absolute atomic E-state index is 0.103. The molecule has 1 amide bonds. The van der Waals surface area contributed by atoms with Crippen LogP contribution in [0.1, 0.15) is 10.4 Å². The van der Waals surface area contributed by atoms with Crippen molar-refractivity contribution in [2.24, 2.45) is 0 Å². The van der Waals surface area contributed by atoms with Crippen LogP contribution in [0.3, 0.4) is 0 Å². The highest BCUT2D eigenvalue weighted by Gasteiger charge is 2.06. The van der Waals surface area contributed by atoms with Gasteiger partial charge in [-0.2, -0.15) is 0 Å². The van der Waals surface area contributed by atoms with Crippen LogP contribution in [0.25, 0.3) is 0 Å². The van der Waals surface area contributed by atoms with Gasteiger partial charge in [-0.15, -0.1) is 0 Å². The maximum Gasteiger partial charge on any atom is 0.337 e. The second-order valence-corrected chi connectivity index (χ2v) is 5.09. The smallest absolute Gasteiger partial charge is 0.337 e. The highest BCUT2D eigenvalue weighted by molar-refractivity contribution is 5.94. The average Bonchev–Trinajstić information content (AvgIpc) is 2.65. The summed E-state index contributed by atoms with van der Waals surface area (Å²) in [6, 6.07) is 13.8. The minimum Gasteiger partial charge on any atom is -0.490 e. The number of carbonyl (C=O) groups excluding carboxylic acids is 2. The Hall–Kier alpha value is -3.28. The molecule has 0 saturated heterocycles. The molecule has 25 heavy (non-hydrogen) atoms. The summed E-state index contributed by atoms with van der Waals surface area (Å²) in [5.74, 6) is 0.128. The number of esters is 1. The molecule has 0 radical (unpaired) electrons. The van der Waals surface area contributed by atoms with Gasteiger partial charge in [0.05, 0.1) is 19.2 Å². The summed E-state index contributed by atoms with van der Waals surface area (Å²) in [7, 11) is 1.33. The molecule has 6 nitrogen and oxygen atoms in total. The third-order valence-corrected chi connectivity index (χ3v) is 3.26. The first-order valence-corrected chi connectivity index (χ1v) is 7.68. The van der Waals surface area contributed by atoms with E-state index in [0.29, 0.717) is 23.6 Å². The molecule has 0 spiro atoms. The fourth-order valence-corrected chi connectivity index (χ4v) is 2.02. The van der Waals surface area contributed by atoms with Crippen molar-refractivity contribution in [2.75, 3.05) is 30.9 Å². The summed E-state index contributed by atoms with van der Waals surface area (Å²) in [6.45, 7) is 4.12. The topological polar surface area (TPSA) is 76.7 Å². The fraction of sp³-hybridized carbons (Fsp3) is 0.158. The van der Waals surface area contributed by atoms with Gasteiger partial charge >= 0.3 is 5.97 Å². The lowest BCUT2D eigenvalue weighted by Gasteiger charge is -2.09. The highest BCUT2D eigenvalue weighted by atomic mass is 16.5. The van der Waals surface area contributed by atoms with Gasteiger partial charge in [-0.05, 0) is 48.5 Å². The Morgan fingerprint density at radius 2 is 1.68 bits per heavy atom. The number of ether oxygens (including phenoxy) is 2. The number of rotatable bonds is 8. The molecular formula is C19H20N2O4. The molecule has 130 valence electrons. The normalized spacial score (nSPS) is 9.80. The zero-order chi connectivity index (χ0) is 18.1. The number of anilines is 2. The van der Waals surface area contributed by atoms with E-state index in [1.54, 1.807) is 54.6 Å². The summed E-state index contributed by atoms with van der Waals surface area (Å²) in [5, 5.41) is 5.77. The summed E-state index contributed by atoms with van der Waals surface area (Å²) < 4.78 is 10.0. The van der Waals surface area contributed by atoms with E-state index in [1.807, 2.05) is 0 Å². The Morgan fingerprint density at radius 3 is 2.28 bits per heavy atom. The van der Waals surface area contributed by atoms with Crippen molar-refractivity contribution in [3.63, 3.8) is 0 Å². The van der Waals surface area contributed by atoms with Crippen molar-refractivity contribution in [1.82, 2.24) is 0 Å². The number of methoxy groups -OCH3 is 1. The summed E-state index contributed by atoms with van der Waals surface area (Å²) in [6.07, 6.45) is 1.67. The molecule has 0 unspecified atom stereocenters. The first-order chi connectivity index (χ1) is 12.1. The molecule has 0 fully saturated rings. The Kier molecular flexibility index (Phi) is 6.59. The standard InChI is InChI=1S/C19H20N2O4/c1-3-12-25-17-10-8-16(9-11-17)21-18(22)13-20-15-6-4-14(5-7-15)19(23)24-2/h3-11,20H,1,12-13H2,2H3,(H,21,22). The van der Waals surface area contributed by atoms with Crippen LogP contribution in [-0.4, -0.2) is 32.1 Å². The molecule has 0 aliphatic rings. The Balaban J connectivity index is 1.82. The predicted octanol–water partition coefficient (Wildman–Crippen LogP) is 3.09. The lowest BCUT2D eigenvalue weighted by molar-refractivity contribution is -0.114. The predicted molar refractivity (Wildman–Crippen MR) is 97.0 cm³/mol. The van der Waals surface area contributed by atoms with E-state index in [0.717, 1.165) is 5.69 Å². The van der Waals surface area contributed by atoms with Gasteiger partial charge < -0.3 is 20.1 Å². The zero-order valence-corrected chi connectivity index (χ0v) is 14.0. The quantitative estimate of drug-likeness (QED) is 0.570. The van der Waals surface area contributed by atoms with Gasteiger partial charge in [-0.3, -0.25) is 4.79 Å². The number of nitrogens with one attached hydrogen (secondary N) is 2. The number of carbonyl (C=O) groups is 2. The van der Waals surface area contributed by atoms with Gasteiger partial charge in [0.2, 0.25) is 5.91 Å². The maximum atomic E-state index is 12.0. The van der Waals surface area contributed by atoms with Gasteiger partial charge in [0.15, 0.2) is 0 Å². The van der Waals surface area contributed by atoms with Crippen molar-refractivity contribution in [1.29, 1.82) is 0 Å². The van der Waals surface area contributed by atoms with Crippen LogP contribution in [0, 0.1) is 0 Å². The van der Waals surface area contributed by atoms with E-state index >= 15 is 0 Å². The summed E-state index contributed by atoms with van der Waals surface area (Å²) >= 11 is 0. The molecule has 2 aromatic carbocycles. The monoisotopic (exact) mass is 340 g/mol. The molecule has 2 aromatic rings. The van der Waals surface area contributed by atoms with Crippen LogP contribution in [0.2, 0.25) is 0 Å². The maximum absolute atomic E-state index is 12.0. The fourth-order valence-electron chi connectivity index (χ4n) is 2.02. The second-order valence-electron chi connectivity index (χ2n) is 5.09. The molecule has 0 atom stereocenters. The number of hydrogen-bond donors (Lipinski definition) is 2. The second kappa shape index (κ2) is 9.12. The molecule has 0 aromatic heterocycles. The largest absolute Gasteiger partial charge is 0.490 e. The van der Waals surface area contributed by atoms with Crippen LogP contribution in [0.4, 0.5) is 11.4 Å². The molecule has 0 aliphatic heterocycles. The third-order valence-electron chi connectivity index (χ3n) is 3.26. The zero-order valence-electron chi connectivity index (χ0n) is 14.0. The van der Waals surface area contributed by atoms with Crippen LogP contribution in [0.15, 0.2) is 61.2 Å². The van der Waals surface area contributed by atoms with Crippen LogP contribution in [0.5, 0.6) is 5.75 Å². The number of hydrogen-bond acceptors (Lipinski definition) is 5. The van der Waals surface area contributed by atoms with E-state index in [-0.39, 0.29) is 12.5 Å². The van der Waals surface area contributed by atoms with Crippen molar-refractivity contribution >= 4 is 23.3 Å². The van der Waals surface area contributed by atoms with E-state index in [2.05, 4.69) is 21.9 Å². The lowest BCUT2D eigenvalue weighted by atomic mass is 10.2. The molecule has 6 heteroatoms. The first-order valence-electron chi connectivity index (χ1n) is 7.68. The number of amides is 1. The van der Waals surface area contributed by atoms with Crippen molar-refractivity contribution < 1.29 is 19.1 Å². The first kappa shape index (κ1) is 18.1. The molecule has 2 rings (SSSR count). The van der Waals surface area contributed by atoms with Crippen LogP contribution >= 0.6 is 0 Å². The SMILES string of the molecule is C=CCOc1ccc(NC(=O)CNc2ccc(C(=O)OC)cc2)cc1. The molecule has 0 heterocycles. The van der Waals surface area contributed by atoms with Crippen molar-refractivity contribution in [3.05, 3.63) is 66.7 Å². The van der Waals surface area contributed by atoms with E-state index in [1.165, 1.54) is 7.11 Å². The third kappa shape index (κ3) is 5.69. The van der Waals surface area contributed by atoms with Gasteiger partial charge in [0.25, 0.3) is 0 Å². The molecule has 2 N–H and O–H groups in total. The highest BCUT2D eigenvalue weighted by Crippen LogP contribution is 2.16. The minimum atomic E-state index is -0.398. The van der Waals surface area contributed by atoms with E-state index in [4.69, 9.17) is 4.74 Å². The van der Waals surface area contributed by atoms with Crippen LogP contribution < -0.4 is 15.4 Å². The Bertz CT molecular complexity index is 724. The van der Waals surface area contributed by atoms with Gasteiger partial charge in [-0.25, -0.2) is 4.79 Å². The Labute approximate surface area is 146 Å². The van der Waals surface area contributed by atoms with E-state index in [9.17, 15) is 9.59 Å². The summed E-state index contributed by atoms with van der Waals surface area (Å²) in [5.41, 5.74) is 1.87.